The van der Waals surface area contributed by atoms with E-state index in [9.17, 15) is 14.4 Å². The van der Waals surface area contributed by atoms with E-state index in [0.29, 0.717) is 5.75 Å². The summed E-state index contributed by atoms with van der Waals surface area (Å²) in [6.45, 7) is -0.0491. The van der Waals surface area contributed by atoms with Crippen molar-refractivity contribution in [3.63, 3.8) is 0 Å². The number of esters is 1. The average Bonchev–Trinajstić information content (AvgIpc) is 2.84. The van der Waals surface area contributed by atoms with Crippen LogP contribution >= 0.6 is 0 Å². The van der Waals surface area contributed by atoms with Crippen LogP contribution in [0.2, 0.25) is 0 Å². The second kappa shape index (κ2) is 10.6. The van der Waals surface area contributed by atoms with Crippen LogP contribution in [0.25, 0.3) is 0 Å². The van der Waals surface area contributed by atoms with Gasteiger partial charge in [0.05, 0.1) is 12.6 Å². The molecule has 0 spiro atoms. The van der Waals surface area contributed by atoms with Crippen LogP contribution in [0, 0.1) is 0 Å². The fourth-order valence-corrected chi connectivity index (χ4v) is 3.83. The molecule has 8 nitrogen and oxygen atoms in total. The number of aromatic nitrogens is 2. The Kier molecular flexibility index (Phi) is 7.14. The summed E-state index contributed by atoms with van der Waals surface area (Å²) in [5, 5.41) is 6.98. The average molecular weight is 447 g/mol. The Morgan fingerprint density at radius 2 is 1.82 bits per heavy atom. The fraction of sp³-hybridized carbons (Fsp3) is 0.280. The number of aryl methyl sites for hydroxylation is 1. The molecular formula is C25H25N3O5. The highest BCUT2D eigenvalue weighted by atomic mass is 16.5. The Morgan fingerprint density at radius 1 is 1.03 bits per heavy atom. The maximum absolute atomic E-state index is 12.4. The first-order chi connectivity index (χ1) is 16.1. The molecule has 1 unspecified atom stereocenters. The number of nitrogens with zero attached hydrogens (tertiary/aromatic N) is 2. The van der Waals surface area contributed by atoms with E-state index in [1.165, 1.54) is 17.7 Å². The van der Waals surface area contributed by atoms with Crippen molar-refractivity contribution in [2.45, 2.75) is 31.8 Å². The molecule has 1 aliphatic carbocycles. The number of amides is 1. The molecule has 1 atom stereocenters. The summed E-state index contributed by atoms with van der Waals surface area (Å²) in [6.07, 6.45) is 2.82. The largest absolute Gasteiger partial charge is 0.492 e. The first-order valence-electron chi connectivity index (χ1n) is 10.9. The van der Waals surface area contributed by atoms with Crippen LogP contribution in [0.5, 0.6) is 5.75 Å². The zero-order valence-electron chi connectivity index (χ0n) is 18.1. The zero-order chi connectivity index (χ0) is 23.0. The van der Waals surface area contributed by atoms with Crippen molar-refractivity contribution < 1.29 is 19.1 Å². The van der Waals surface area contributed by atoms with Gasteiger partial charge < -0.3 is 14.8 Å². The molecule has 0 saturated heterocycles. The Bertz CT molecular complexity index is 1180. The molecule has 1 aromatic heterocycles. The lowest BCUT2D eigenvalue weighted by atomic mass is 9.88. The number of carbonyl (C=O) groups excluding carboxylic acids is 2. The third kappa shape index (κ3) is 5.85. The lowest BCUT2D eigenvalue weighted by Gasteiger charge is -2.26. The van der Waals surface area contributed by atoms with E-state index < -0.39 is 12.6 Å². The van der Waals surface area contributed by atoms with Crippen LogP contribution in [-0.4, -0.2) is 34.9 Å². The van der Waals surface area contributed by atoms with Gasteiger partial charge in [0.1, 0.15) is 12.4 Å². The van der Waals surface area contributed by atoms with Gasteiger partial charge in [-0.1, -0.05) is 42.5 Å². The maximum atomic E-state index is 12.4. The molecule has 1 aliphatic rings. The van der Waals surface area contributed by atoms with E-state index in [1.807, 2.05) is 36.4 Å². The lowest BCUT2D eigenvalue weighted by molar-refractivity contribution is -0.125. The van der Waals surface area contributed by atoms with Crippen LogP contribution < -0.4 is 15.6 Å². The zero-order valence-corrected chi connectivity index (χ0v) is 18.1. The predicted molar refractivity (Wildman–Crippen MR) is 121 cm³/mol. The molecular weight excluding hydrogens is 422 g/mol. The molecule has 0 fully saturated rings. The fourth-order valence-electron chi connectivity index (χ4n) is 3.83. The Morgan fingerprint density at radius 3 is 2.67 bits per heavy atom. The van der Waals surface area contributed by atoms with Crippen LogP contribution in [0.1, 0.15) is 40.5 Å². The summed E-state index contributed by atoms with van der Waals surface area (Å²) in [5.74, 6) is -0.478. The van der Waals surface area contributed by atoms with Crippen molar-refractivity contribution in [3.05, 3.63) is 93.9 Å². The molecule has 2 aromatic carbocycles. The molecule has 0 aliphatic heterocycles. The number of ether oxygens (including phenoxy) is 2. The van der Waals surface area contributed by atoms with E-state index in [2.05, 4.69) is 16.5 Å². The van der Waals surface area contributed by atoms with E-state index in [4.69, 9.17) is 9.47 Å². The van der Waals surface area contributed by atoms with Gasteiger partial charge in [-0.05, 0) is 48.6 Å². The van der Waals surface area contributed by atoms with Crippen molar-refractivity contribution in [2.24, 2.45) is 0 Å². The van der Waals surface area contributed by atoms with Gasteiger partial charge in [-0.25, -0.2) is 9.48 Å². The molecule has 0 bridgehead atoms. The van der Waals surface area contributed by atoms with Gasteiger partial charge in [0.15, 0.2) is 12.3 Å². The van der Waals surface area contributed by atoms with Crippen molar-refractivity contribution in [1.29, 1.82) is 0 Å². The van der Waals surface area contributed by atoms with Gasteiger partial charge in [0, 0.05) is 6.07 Å². The number of rotatable bonds is 8. The minimum Gasteiger partial charge on any atom is -0.492 e. The summed E-state index contributed by atoms with van der Waals surface area (Å²) in [4.78, 5) is 36.8. The van der Waals surface area contributed by atoms with Crippen LogP contribution in [0.15, 0.2) is 71.5 Å². The second-order valence-corrected chi connectivity index (χ2v) is 7.73. The molecule has 170 valence electrons. The van der Waals surface area contributed by atoms with Crippen molar-refractivity contribution >= 4 is 11.9 Å². The first kappa shape index (κ1) is 22.3. The monoisotopic (exact) mass is 447 g/mol. The van der Waals surface area contributed by atoms with E-state index in [0.717, 1.165) is 29.5 Å². The lowest BCUT2D eigenvalue weighted by Crippen LogP contribution is -2.34. The smallest absolute Gasteiger partial charge is 0.359 e. The topological polar surface area (TPSA) is 99.5 Å². The molecule has 4 rings (SSSR count). The van der Waals surface area contributed by atoms with Gasteiger partial charge in [-0.3, -0.25) is 9.59 Å². The van der Waals surface area contributed by atoms with Gasteiger partial charge >= 0.3 is 5.97 Å². The first-order valence-corrected chi connectivity index (χ1v) is 10.9. The quantitative estimate of drug-likeness (QED) is 0.533. The van der Waals surface area contributed by atoms with Crippen LogP contribution in [0.3, 0.4) is 0 Å². The number of benzene rings is 2. The Labute approximate surface area is 191 Å². The summed E-state index contributed by atoms with van der Waals surface area (Å²) in [7, 11) is 0. The third-order valence-electron chi connectivity index (χ3n) is 5.43. The van der Waals surface area contributed by atoms with Crippen molar-refractivity contribution in [2.75, 3.05) is 13.2 Å². The number of carbonyl (C=O) groups is 2. The summed E-state index contributed by atoms with van der Waals surface area (Å²) in [5.41, 5.74) is 1.92. The van der Waals surface area contributed by atoms with Crippen molar-refractivity contribution in [3.8, 4) is 5.75 Å². The maximum Gasteiger partial charge on any atom is 0.359 e. The van der Waals surface area contributed by atoms with E-state index in [-0.39, 0.29) is 36.4 Å². The predicted octanol–water partition coefficient (Wildman–Crippen LogP) is 2.67. The number of hydrogen-bond donors (Lipinski definition) is 1. The summed E-state index contributed by atoms with van der Waals surface area (Å²) < 4.78 is 11.8. The molecule has 0 radical (unpaired) electrons. The van der Waals surface area contributed by atoms with Crippen LogP contribution in [-0.2, 0) is 22.5 Å². The molecule has 0 saturated carbocycles. The summed E-state index contributed by atoms with van der Waals surface area (Å²) >= 11 is 0. The van der Waals surface area contributed by atoms with Gasteiger partial charge in [0.2, 0.25) is 0 Å². The van der Waals surface area contributed by atoms with Crippen molar-refractivity contribution in [1.82, 2.24) is 15.1 Å². The highest BCUT2D eigenvalue weighted by Gasteiger charge is 2.22. The minimum atomic E-state index is -0.771. The standard InChI is InChI=1S/C25H25N3O5/c29-23(26-21-12-6-8-18-7-4-5-11-20(18)21)17-33-25(31)22-13-14-24(30)28(27-22)15-16-32-19-9-2-1-3-10-19/h1-5,7,9-11,13-14,21H,6,8,12,15-17H2,(H,26,29). The summed E-state index contributed by atoms with van der Waals surface area (Å²) in [6, 6.07) is 19.6. The Hall–Kier alpha value is -3.94. The van der Waals surface area contributed by atoms with Gasteiger partial charge in [-0.15, -0.1) is 0 Å². The minimum absolute atomic E-state index is 0.0508. The SMILES string of the molecule is O=C(COC(=O)c1ccc(=O)n(CCOc2ccccc2)n1)NC1CCCc2ccccc21. The van der Waals surface area contributed by atoms with E-state index in [1.54, 1.807) is 12.1 Å². The third-order valence-corrected chi connectivity index (χ3v) is 5.43. The number of fused-ring (bicyclic) bond motifs is 1. The normalized spacial score (nSPS) is 14.7. The molecule has 1 heterocycles. The van der Waals surface area contributed by atoms with Gasteiger partial charge in [-0.2, -0.15) is 5.10 Å². The van der Waals surface area contributed by atoms with E-state index >= 15 is 0 Å². The second-order valence-electron chi connectivity index (χ2n) is 7.73. The number of hydrogen-bond acceptors (Lipinski definition) is 6. The highest BCUT2D eigenvalue weighted by molar-refractivity contribution is 5.89. The molecule has 33 heavy (non-hydrogen) atoms. The molecule has 8 heteroatoms. The molecule has 3 aromatic rings. The molecule has 1 N–H and O–H groups in total. The number of para-hydroxylation sites is 1. The number of nitrogens with one attached hydrogen (secondary N) is 1. The molecule has 1 amide bonds. The highest BCUT2D eigenvalue weighted by Crippen LogP contribution is 2.29. The Balaban J connectivity index is 1.30. The van der Waals surface area contributed by atoms with Gasteiger partial charge in [0.25, 0.3) is 11.5 Å². The van der Waals surface area contributed by atoms with Crippen LogP contribution in [0.4, 0.5) is 0 Å².